The second kappa shape index (κ2) is 7.76. The summed E-state index contributed by atoms with van der Waals surface area (Å²) in [5.41, 5.74) is 2.48. The van der Waals surface area contributed by atoms with Crippen LogP contribution in [-0.2, 0) is 16.1 Å². The molecule has 4 rings (SSSR count). The van der Waals surface area contributed by atoms with Crippen molar-refractivity contribution < 1.29 is 9.53 Å². The number of ether oxygens (including phenoxy) is 1. The fourth-order valence-electron chi connectivity index (χ4n) is 3.71. The first kappa shape index (κ1) is 18.1. The maximum atomic E-state index is 12.9. The van der Waals surface area contributed by atoms with Crippen LogP contribution in [0.2, 0.25) is 0 Å². The number of allylic oxidation sites excluding steroid dienone is 2. The zero-order valence-corrected chi connectivity index (χ0v) is 15.8. The molecule has 0 saturated heterocycles. The van der Waals surface area contributed by atoms with Gasteiger partial charge in [0.25, 0.3) is 5.56 Å². The number of para-hydroxylation sites is 2. The molecule has 6 heteroatoms. The number of amides is 1. The summed E-state index contributed by atoms with van der Waals surface area (Å²) in [5, 5.41) is 3.01. The number of hydrogen-bond donors (Lipinski definition) is 1. The third kappa shape index (κ3) is 3.45. The number of hydrogen-bond acceptors (Lipinski definition) is 3. The molecule has 1 unspecified atom stereocenters. The van der Waals surface area contributed by atoms with Gasteiger partial charge in [-0.05, 0) is 36.8 Å². The zero-order chi connectivity index (χ0) is 19.5. The minimum absolute atomic E-state index is 0.0203. The van der Waals surface area contributed by atoms with Gasteiger partial charge in [-0.15, -0.1) is 0 Å². The van der Waals surface area contributed by atoms with Crippen molar-refractivity contribution in [1.82, 2.24) is 14.3 Å². The Morgan fingerprint density at radius 1 is 1.18 bits per heavy atom. The van der Waals surface area contributed by atoms with Crippen molar-refractivity contribution in [2.24, 2.45) is 0 Å². The average Bonchev–Trinajstić information content (AvgIpc) is 3.21. The molecule has 2 heterocycles. The molecule has 144 valence electrons. The molecular weight excluding hydrogens is 354 g/mol. The van der Waals surface area contributed by atoms with Crippen LogP contribution in [-0.4, -0.2) is 28.0 Å². The number of carbonyl (C=O) groups excluding carboxylic acids is 1. The highest BCUT2D eigenvalue weighted by atomic mass is 16.5. The summed E-state index contributed by atoms with van der Waals surface area (Å²) in [6.45, 7) is 0.498. The first-order valence-corrected chi connectivity index (χ1v) is 9.46. The van der Waals surface area contributed by atoms with Gasteiger partial charge in [-0.3, -0.25) is 9.59 Å². The standard InChI is InChI=1S/C22H23N3O3/c1-28-17-8-4-7-16(15-17)23-21(26)12-6-14-25-19-10-3-2-9-18(19)24-13-5-11-20(24)22(25)27/h2-5,7-11,13,16H,6,12,14-15H2,1H3,(H,23,26). The molecule has 0 saturated carbocycles. The fraction of sp³-hybridized carbons (Fsp3) is 0.273. The van der Waals surface area contributed by atoms with Gasteiger partial charge in [0.2, 0.25) is 5.91 Å². The van der Waals surface area contributed by atoms with Crippen molar-refractivity contribution in [1.29, 1.82) is 0 Å². The Kier molecular flexibility index (Phi) is 5.02. The third-order valence-electron chi connectivity index (χ3n) is 5.09. The van der Waals surface area contributed by atoms with E-state index in [1.807, 2.05) is 65.2 Å². The number of nitrogens with one attached hydrogen (secondary N) is 1. The SMILES string of the molecule is COC1=CC=CC(NC(=O)CCCn2c(=O)c3cccn3c3ccccc32)C1. The Labute approximate surface area is 162 Å². The number of aromatic nitrogens is 2. The van der Waals surface area contributed by atoms with Crippen LogP contribution in [0.15, 0.2) is 71.4 Å². The smallest absolute Gasteiger partial charge is 0.275 e. The normalized spacial score (nSPS) is 16.3. The highest BCUT2D eigenvalue weighted by Crippen LogP contribution is 2.16. The van der Waals surface area contributed by atoms with Gasteiger partial charge in [-0.2, -0.15) is 0 Å². The Balaban J connectivity index is 1.45. The average molecular weight is 377 g/mol. The van der Waals surface area contributed by atoms with Crippen molar-refractivity contribution in [3.8, 4) is 0 Å². The second-order valence-electron chi connectivity index (χ2n) is 6.91. The minimum Gasteiger partial charge on any atom is -0.501 e. The van der Waals surface area contributed by atoms with E-state index in [4.69, 9.17) is 4.74 Å². The van der Waals surface area contributed by atoms with E-state index >= 15 is 0 Å². The maximum absolute atomic E-state index is 12.9. The van der Waals surface area contributed by atoms with Gasteiger partial charge in [-0.25, -0.2) is 0 Å². The van der Waals surface area contributed by atoms with Gasteiger partial charge < -0.3 is 19.0 Å². The number of methoxy groups -OCH3 is 1. The van der Waals surface area contributed by atoms with Crippen molar-refractivity contribution >= 4 is 22.5 Å². The van der Waals surface area contributed by atoms with Gasteiger partial charge in [0.15, 0.2) is 0 Å². The van der Waals surface area contributed by atoms with E-state index in [2.05, 4.69) is 5.32 Å². The summed E-state index contributed by atoms with van der Waals surface area (Å²) in [6, 6.07) is 11.5. The maximum Gasteiger partial charge on any atom is 0.275 e. The number of aryl methyl sites for hydroxylation is 1. The van der Waals surface area contributed by atoms with Gasteiger partial charge >= 0.3 is 0 Å². The van der Waals surface area contributed by atoms with E-state index in [1.165, 1.54) is 0 Å². The Bertz CT molecular complexity index is 1140. The third-order valence-corrected chi connectivity index (χ3v) is 5.09. The monoisotopic (exact) mass is 377 g/mol. The molecule has 6 nitrogen and oxygen atoms in total. The van der Waals surface area contributed by atoms with Gasteiger partial charge in [0.1, 0.15) is 5.52 Å². The predicted molar refractivity (Wildman–Crippen MR) is 109 cm³/mol. The number of fused-ring (bicyclic) bond motifs is 3. The van der Waals surface area contributed by atoms with Gasteiger partial charge in [-0.1, -0.05) is 24.3 Å². The van der Waals surface area contributed by atoms with Crippen LogP contribution in [0.1, 0.15) is 19.3 Å². The Morgan fingerprint density at radius 2 is 1.96 bits per heavy atom. The summed E-state index contributed by atoms with van der Waals surface area (Å²) in [5.74, 6) is 0.833. The van der Waals surface area contributed by atoms with E-state index in [9.17, 15) is 9.59 Å². The summed E-state index contributed by atoms with van der Waals surface area (Å²) in [4.78, 5) is 25.2. The molecule has 0 bridgehead atoms. The van der Waals surface area contributed by atoms with E-state index in [1.54, 1.807) is 11.7 Å². The topological polar surface area (TPSA) is 64.7 Å². The number of nitrogens with zero attached hydrogens (tertiary/aromatic N) is 2. The van der Waals surface area contributed by atoms with E-state index < -0.39 is 0 Å². The summed E-state index contributed by atoms with van der Waals surface area (Å²) < 4.78 is 8.92. The van der Waals surface area contributed by atoms with Gasteiger partial charge in [0, 0.05) is 25.6 Å². The molecule has 0 fully saturated rings. The van der Waals surface area contributed by atoms with E-state index in [0.29, 0.717) is 31.3 Å². The number of carbonyl (C=O) groups is 1. The second-order valence-corrected chi connectivity index (χ2v) is 6.91. The summed E-state index contributed by atoms with van der Waals surface area (Å²) in [6.07, 6.45) is 9.27. The van der Waals surface area contributed by atoms with Crippen molar-refractivity contribution in [2.45, 2.75) is 31.8 Å². The lowest BCUT2D eigenvalue weighted by atomic mass is 10.1. The summed E-state index contributed by atoms with van der Waals surface area (Å²) >= 11 is 0. The molecule has 2 aromatic heterocycles. The quantitative estimate of drug-likeness (QED) is 0.718. The van der Waals surface area contributed by atoms with E-state index in [-0.39, 0.29) is 17.5 Å². The van der Waals surface area contributed by atoms with Crippen LogP contribution in [0.5, 0.6) is 0 Å². The van der Waals surface area contributed by atoms with Crippen molar-refractivity contribution in [2.75, 3.05) is 7.11 Å². The summed E-state index contributed by atoms with van der Waals surface area (Å²) in [7, 11) is 1.63. The molecule has 0 aliphatic heterocycles. The van der Waals surface area contributed by atoms with Crippen LogP contribution in [0.3, 0.4) is 0 Å². The highest BCUT2D eigenvalue weighted by molar-refractivity contribution is 5.79. The highest BCUT2D eigenvalue weighted by Gasteiger charge is 2.15. The molecule has 1 aliphatic rings. The molecule has 1 N–H and O–H groups in total. The molecule has 1 amide bonds. The lowest BCUT2D eigenvalue weighted by Crippen LogP contribution is -2.34. The minimum atomic E-state index is -0.0481. The molecule has 0 spiro atoms. The molecular formula is C22H23N3O3. The van der Waals surface area contributed by atoms with Crippen molar-refractivity contribution in [3.63, 3.8) is 0 Å². The zero-order valence-electron chi connectivity index (χ0n) is 15.8. The van der Waals surface area contributed by atoms with Crippen LogP contribution < -0.4 is 10.9 Å². The first-order chi connectivity index (χ1) is 13.7. The lowest BCUT2D eigenvalue weighted by molar-refractivity contribution is -0.121. The molecule has 1 aliphatic carbocycles. The van der Waals surface area contributed by atoms with Gasteiger partial charge in [0.05, 0.1) is 29.9 Å². The van der Waals surface area contributed by atoms with Crippen LogP contribution in [0, 0.1) is 0 Å². The lowest BCUT2D eigenvalue weighted by Gasteiger charge is -2.19. The molecule has 3 aromatic rings. The Hall–Kier alpha value is -3.28. The largest absolute Gasteiger partial charge is 0.501 e. The molecule has 1 atom stereocenters. The predicted octanol–water partition coefficient (Wildman–Crippen LogP) is 3.01. The van der Waals surface area contributed by atoms with Crippen LogP contribution >= 0.6 is 0 Å². The Morgan fingerprint density at radius 3 is 2.79 bits per heavy atom. The molecule has 1 aromatic carbocycles. The molecule has 0 radical (unpaired) electrons. The van der Waals surface area contributed by atoms with E-state index in [0.717, 1.165) is 16.8 Å². The molecule has 28 heavy (non-hydrogen) atoms. The first-order valence-electron chi connectivity index (χ1n) is 9.46. The number of benzene rings is 1. The fourth-order valence-corrected chi connectivity index (χ4v) is 3.71. The van der Waals surface area contributed by atoms with Crippen LogP contribution in [0.4, 0.5) is 0 Å². The number of rotatable bonds is 6. The van der Waals surface area contributed by atoms with Crippen LogP contribution in [0.25, 0.3) is 16.6 Å². The van der Waals surface area contributed by atoms with Crippen molar-refractivity contribution in [3.05, 3.63) is 76.9 Å².